The molecule has 1 aromatic heterocycles. The Bertz CT molecular complexity index is 987. The lowest BCUT2D eigenvalue weighted by molar-refractivity contribution is -0.148. The second kappa shape index (κ2) is 7.44. The lowest BCUT2D eigenvalue weighted by atomic mass is 10.0. The van der Waals surface area contributed by atoms with Crippen molar-refractivity contribution in [1.82, 2.24) is 19.7 Å². The SMILES string of the molecule is O=C(CC(=O)N1CCn2c(nnc2C(F)(F)F)C1)Cc1cc(F)c(F)c(F)c1F. The summed E-state index contributed by atoms with van der Waals surface area (Å²) in [5.41, 5.74) is -0.757. The van der Waals surface area contributed by atoms with Crippen molar-refractivity contribution in [3.05, 3.63) is 46.5 Å². The van der Waals surface area contributed by atoms with Crippen LogP contribution in [0.2, 0.25) is 0 Å². The highest BCUT2D eigenvalue weighted by molar-refractivity contribution is 5.98. The van der Waals surface area contributed by atoms with Crippen molar-refractivity contribution in [3.63, 3.8) is 0 Å². The normalized spacial score (nSPS) is 14.1. The van der Waals surface area contributed by atoms with Gasteiger partial charge in [0.2, 0.25) is 11.7 Å². The molecule has 0 aliphatic carbocycles. The van der Waals surface area contributed by atoms with E-state index in [0.29, 0.717) is 6.07 Å². The van der Waals surface area contributed by atoms with Crippen LogP contribution in [0.3, 0.4) is 0 Å². The fourth-order valence-electron chi connectivity index (χ4n) is 2.89. The minimum absolute atomic E-state index is 0.127. The molecule has 1 aromatic carbocycles. The minimum atomic E-state index is -4.71. The molecule has 0 fully saturated rings. The molecule has 13 heteroatoms. The van der Waals surface area contributed by atoms with Crippen LogP contribution >= 0.6 is 0 Å². The molecule has 2 heterocycles. The number of carbonyl (C=O) groups is 2. The number of hydrogen-bond acceptors (Lipinski definition) is 4. The van der Waals surface area contributed by atoms with Crippen molar-refractivity contribution < 1.29 is 40.3 Å². The van der Waals surface area contributed by atoms with Gasteiger partial charge in [-0.1, -0.05) is 0 Å². The van der Waals surface area contributed by atoms with Gasteiger partial charge >= 0.3 is 6.18 Å². The van der Waals surface area contributed by atoms with E-state index in [9.17, 15) is 40.3 Å². The number of ketones is 1. The van der Waals surface area contributed by atoms with Crippen molar-refractivity contribution in [2.45, 2.75) is 32.1 Å². The lowest BCUT2D eigenvalue weighted by Crippen LogP contribution is -2.40. The van der Waals surface area contributed by atoms with Gasteiger partial charge in [0.25, 0.3) is 0 Å². The Kier molecular flexibility index (Phi) is 5.32. The van der Waals surface area contributed by atoms with E-state index >= 15 is 0 Å². The van der Waals surface area contributed by atoms with Crippen LogP contribution in [0.25, 0.3) is 0 Å². The summed E-state index contributed by atoms with van der Waals surface area (Å²) < 4.78 is 92.2. The highest BCUT2D eigenvalue weighted by Gasteiger charge is 2.40. The summed E-state index contributed by atoms with van der Waals surface area (Å²) in [5.74, 6) is -10.6. The van der Waals surface area contributed by atoms with Crippen LogP contribution in [0.15, 0.2) is 6.07 Å². The van der Waals surface area contributed by atoms with E-state index in [1.165, 1.54) is 0 Å². The smallest absolute Gasteiger partial charge is 0.333 e. The molecule has 1 amide bonds. The van der Waals surface area contributed by atoms with Gasteiger partial charge in [-0.15, -0.1) is 10.2 Å². The average molecular weight is 424 g/mol. The zero-order chi connectivity index (χ0) is 21.5. The molecule has 0 unspecified atom stereocenters. The highest BCUT2D eigenvalue weighted by atomic mass is 19.4. The molecule has 0 saturated heterocycles. The van der Waals surface area contributed by atoms with E-state index in [4.69, 9.17) is 0 Å². The molecule has 1 aliphatic rings. The molecular formula is C16H11F7N4O2. The van der Waals surface area contributed by atoms with Crippen LogP contribution in [0.4, 0.5) is 30.7 Å². The van der Waals surface area contributed by atoms with Crippen molar-refractivity contribution in [3.8, 4) is 0 Å². The van der Waals surface area contributed by atoms with Gasteiger partial charge in [0.1, 0.15) is 5.78 Å². The molecule has 6 nitrogen and oxygen atoms in total. The first-order chi connectivity index (χ1) is 13.5. The molecule has 3 rings (SSSR count). The summed E-state index contributed by atoms with van der Waals surface area (Å²) in [6.07, 6.45) is -6.37. The van der Waals surface area contributed by atoms with Gasteiger partial charge < -0.3 is 9.47 Å². The van der Waals surface area contributed by atoms with Gasteiger partial charge in [0.15, 0.2) is 29.1 Å². The van der Waals surface area contributed by atoms with Crippen LogP contribution in [0.5, 0.6) is 0 Å². The Morgan fingerprint density at radius 3 is 2.34 bits per heavy atom. The van der Waals surface area contributed by atoms with E-state index in [0.717, 1.165) is 9.47 Å². The van der Waals surface area contributed by atoms with Gasteiger partial charge in [0.05, 0.1) is 13.0 Å². The van der Waals surface area contributed by atoms with Gasteiger partial charge in [-0.25, -0.2) is 17.6 Å². The van der Waals surface area contributed by atoms with Crippen molar-refractivity contribution in [2.24, 2.45) is 0 Å². The zero-order valence-electron chi connectivity index (χ0n) is 14.4. The monoisotopic (exact) mass is 424 g/mol. The molecule has 29 heavy (non-hydrogen) atoms. The minimum Gasteiger partial charge on any atom is -0.333 e. The number of alkyl halides is 3. The fourth-order valence-corrected chi connectivity index (χ4v) is 2.89. The largest absolute Gasteiger partial charge is 0.451 e. The van der Waals surface area contributed by atoms with Gasteiger partial charge in [-0.2, -0.15) is 13.2 Å². The number of Topliss-reactive ketones (excluding diaryl/α,β-unsaturated/α-hetero) is 1. The maximum Gasteiger partial charge on any atom is 0.451 e. The topological polar surface area (TPSA) is 68.1 Å². The average Bonchev–Trinajstić information content (AvgIpc) is 3.07. The summed E-state index contributed by atoms with van der Waals surface area (Å²) in [6, 6.07) is 0.318. The predicted molar refractivity (Wildman–Crippen MR) is 80.0 cm³/mol. The first kappa shape index (κ1) is 20.7. The number of benzene rings is 1. The second-order valence-electron chi connectivity index (χ2n) is 6.26. The zero-order valence-corrected chi connectivity index (χ0v) is 14.4. The maximum atomic E-state index is 13.6. The molecule has 0 radical (unpaired) electrons. The Hall–Kier alpha value is -2.99. The Labute approximate surface area is 157 Å². The predicted octanol–water partition coefficient (Wildman–Crippen LogP) is 2.40. The summed E-state index contributed by atoms with van der Waals surface area (Å²) in [7, 11) is 0. The lowest BCUT2D eigenvalue weighted by Gasteiger charge is -2.28. The molecule has 1 aliphatic heterocycles. The molecular weight excluding hydrogens is 413 g/mol. The third-order valence-corrected chi connectivity index (χ3v) is 4.27. The molecule has 0 atom stereocenters. The van der Waals surface area contributed by atoms with Crippen molar-refractivity contribution in [2.75, 3.05) is 6.54 Å². The van der Waals surface area contributed by atoms with Crippen LogP contribution in [0.1, 0.15) is 23.6 Å². The summed E-state index contributed by atoms with van der Waals surface area (Å²) in [6.45, 7) is -0.738. The quantitative estimate of drug-likeness (QED) is 0.327. The number of fused-ring (bicyclic) bond motifs is 1. The van der Waals surface area contributed by atoms with Crippen LogP contribution in [-0.2, 0) is 35.3 Å². The number of carbonyl (C=O) groups excluding carboxylic acids is 2. The molecule has 2 aromatic rings. The van der Waals surface area contributed by atoms with E-state index in [2.05, 4.69) is 10.2 Å². The van der Waals surface area contributed by atoms with E-state index in [1.807, 2.05) is 0 Å². The molecule has 0 N–H and O–H groups in total. The third-order valence-electron chi connectivity index (χ3n) is 4.27. The molecule has 0 saturated carbocycles. The van der Waals surface area contributed by atoms with Crippen LogP contribution in [0, 0.1) is 23.3 Å². The fraction of sp³-hybridized carbons (Fsp3) is 0.375. The Morgan fingerprint density at radius 2 is 1.69 bits per heavy atom. The van der Waals surface area contributed by atoms with Crippen molar-refractivity contribution in [1.29, 1.82) is 0 Å². The summed E-state index contributed by atoms with van der Waals surface area (Å²) in [4.78, 5) is 25.2. The van der Waals surface area contributed by atoms with Crippen molar-refractivity contribution >= 4 is 11.7 Å². The third kappa shape index (κ3) is 4.07. The number of halogens is 7. The maximum absolute atomic E-state index is 13.6. The number of aromatic nitrogens is 3. The molecule has 0 bridgehead atoms. The second-order valence-corrected chi connectivity index (χ2v) is 6.26. The number of amides is 1. The van der Waals surface area contributed by atoms with E-state index < -0.39 is 65.4 Å². The molecule has 156 valence electrons. The summed E-state index contributed by atoms with van der Waals surface area (Å²) >= 11 is 0. The van der Waals surface area contributed by atoms with Gasteiger partial charge in [0, 0.05) is 25.1 Å². The Balaban J connectivity index is 1.66. The number of rotatable bonds is 4. The van der Waals surface area contributed by atoms with E-state index in [-0.39, 0.29) is 25.5 Å². The highest BCUT2D eigenvalue weighted by Crippen LogP contribution is 2.29. The van der Waals surface area contributed by atoms with E-state index in [1.54, 1.807) is 0 Å². The summed E-state index contributed by atoms with van der Waals surface area (Å²) in [5, 5.41) is 6.44. The first-order valence-electron chi connectivity index (χ1n) is 8.09. The number of hydrogen-bond donors (Lipinski definition) is 0. The standard InChI is InChI=1S/C16H11F7N4O2/c17-9-4-7(12(18)14(20)13(9)19)3-8(28)5-11(29)26-1-2-27-10(6-26)24-25-15(27)16(21,22)23/h4H,1-3,5-6H2. The van der Waals surface area contributed by atoms with Crippen LogP contribution in [-0.4, -0.2) is 37.9 Å². The Morgan fingerprint density at radius 1 is 1.00 bits per heavy atom. The van der Waals surface area contributed by atoms with Gasteiger partial charge in [-0.3, -0.25) is 9.59 Å². The van der Waals surface area contributed by atoms with Crippen LogP contribution < -0.4 is 0 Å². The number of nitrogens with zero attached hydrogens (tertiary/aromatic N) is 4. The first-order valence-corrected chi connectivity index (χ1v) is 8.09. The molecule has 0 spiro atoms. The van der Waals surface area contributed by atoms with Gasteiger partial charge in [-0.05, 0) is 6.07 Å².